The number of rotatable bonds is 1. The summed E-state index contributed by atoms with van der Waals surface area (Å²) in [7, 11) is 0. The van der Waals surface area contributed by atoms with Crippen LogP contribution in [0.4, 0.5) is 0 Å². The molecule has 3 rings (SSSR count). The Kier molecular flexibility index (Phi) is 3.82. The third-order valence-electron chi connectivity index (χ3n) is 7.03. The van der Waals surface area contributed by atoms with Crippen LogP contribution >= 0.6 is 0 Å². The van der Waals surface area contributed by atoms with Crippen LogP contribution in [0.15, 0.2) is 11.6 Å². The summed E-state index contributed by atoms with van der Waals surface area (Å²) in [4.78, 5) is 38.0. The van der Waals surface area contributed by atoms with E-state index in [0.717, 1.165) is 12.0 Å². The zero-order valence-electron chi connectivity index (χ0n) is 15.4. The monoisotopic (exact) mass is 332 g/mol. The number of esters is 1. The molecule has 1 saturated heterocycles. The van der Waals surface area contributed by atoms with Crippen molar-refractivity contribution in [1.82, 2.24) is 0 Å². The quantitative estimate of drug-likeness (QED) is 0.688. The van der Waals surface area contributed by atoms with Crippen molar-refractivity contribution in [3.8, 4) is 0 Å². The van der Waals surface area contributed by atoms with Gasteiger partial charge in [0.05, 0.1) is 0 Å². The average molecular weight is 332 g/mol. The summed E-state index contributed by atoms with van der Waals surface area (Å²) in [5.74, 6) is -0.0568. The molecule has 3 aliphatic rings. The van der Waals surface area contributed by atoms with Gasteiger partial charge in [-0.1, -0.05) is 40.2 Å². The molecule has 0 unspecified atom stereocenters. The fourth-order valence-electron chi connectivity index (χ4n) is 5.27. The number of carbonyl (C=O) groups is 3. The fraction of sp³-hybridized carbons (Fsp3) is 0.750. The highest BCUT2D eigenvalue weighted by atomic mass is 16.6. The summed E-state index contributed by atoms with van der Waals surface area (Å²) in [5, 5.41) is 0. The molecule has 3 atom stereocenters. The molecular weight excluding hydrogens is 304 g/mol. The van der Waals surface area contributed by atoms with Gasteiger partial charge in [-0.2, -0.15) is 0 Å². The number of ether oxygens (including phenoxy) is 1. The highest BCUT2D eigenvalue weighted by molar-refractivity contribution is 6.02. The minimum Gasteiger partial charge on any atom is -0.450 e. The van der Waals surface area contributed by atoms with Crippen molar-refractivity contribution in [2.24, 2.45) is 22.7 Å². The lowest BCUT2D eigenvalue weighted by molar-refractivity contribution is -0.221. The van der Waals surface area contributed by atoms with Gasteiger partial charge in [0.1, 0.15) is 5.78 Å². The van der Waals surface area contributed by atoms with Crippen molar-refractivity contribution in [2.45, 2.75) is 72.3 Å². The highest BCUT2D eigenvalue weighted by Gasteiger charge is 2.67. The van der Waals surface area contributed by atoms with Crippen LogP contribution in [-0.4, -0.2) is 23.1 Å². The van der Waals surface area contributed by atoms with Crippen molar-refractivity contribution in [2.75, 3.05) is 0 Å². The van der Waals surface area contributed by atoms with E-state index in [1.807, 2.05) is 13.8 Å². The number of ketones is 2. The van der Waals surface area contributed by atoms with Crippen LogP contribution in [0.25, 0.3) is 0 Å². The maximum absolute atomic E-state index is 13.1. The Morgan fingerprint density at radius 2 is 1.75 bits per heavy atom. The predicted octanol–water partition coefficient (Wildman–Crippen LogP) is 3.63. The predicted molar refractivity (Wildman–Crippen MR) is 90.2 cm³/mol. The van der Waals surface area contributed by atoms with Crippen LogP contribution in [-0.2, 0) is 19.1 Å². The van der Waals surface area contributed by atoms with Crippen LogP contribution in [0.3, 0.4) is 0 Å². The Morgan fingerprint density at radius 3 is 2.33 bits per heavy atom. The van der Waals surface area contributed by atoms with Crippen LogP contribution in [0, 0.1) is 22.7 Å². The molecule has 0 amide bonds. The summed E-state index contributed by atoms with van der Waals surface area (Å²) in [6.07, 6.45) is 4.31. The summed E-state index contributed by atoms with van der Waals surface area (Å²) >= 11 is 0. The number of carbonyl (C=O) groups excluding carboxylic acids is 3. The minimum atomic E-state index is -1.09. The summed E-state index contributed by atoms with van der Waals surface area (Å²) in [6.45, 7) is 10.1. The first-order valence-electron chi connectivity index (χ1n) is 9.04. The summed E-state index contributed by atoms with van der Waals surface area (Å²) < 4.78 is 5.81. The average Bonchev–Trinajstić information content (AvgIpc) is 2.49. The molecule has 132 valence electrons. The molecule has 24 heavy (non-hydrogen) atoms. The van der Waals surface area contributed by atoms with E-state index in [-0.39, 0.29) is 29.9 Å². The molecule has 0 aromatic carbocycles. The smallest absolute Gasteiger partial charge is 0.307 e. The molecular formula is C20H28O4. The van der Waals surface area contributed by atoms with Gasteiger partial charge in [0.15, 0.2) is 11.4 Å². The summed E-state index contributed by atoms with van der Waals surface area (Å²) in [6, 6.07) is 0. The second-order valence-corrected chi connectivity index (χ2v) is 8.86. The largest absolute Gasteiger partial charge is 0.450 e. The van der Waals surface area contributed by atoms with Gasteiger partial charge in [0, 0.05) is 23.7 Å². The molecule has 0 bridgehead atoms. The van der Waals surface area contributed by atoms with Crippen molar-refractivity contribution in [3.05, 3.63) is 11.6 Å². The van der Waals surface area contributed by atoms with Crippen LogP contribution in [0.2, 0.25) is 0 Å². The standard InChI is InChI=1S/C20H28O4/c1-12(2)13-6-9-20(16(22)10-13)19(5)8-7-15(21)18(3,4)14(19)11-17(23)24-20/h10,12,14H,6-9,11H2,1-5H3/t14-,19-,20-/m1/s1. The van der Waals surface area contributed by atoms with Gasteiger partial charge in [0.2, 0.25) is 0 Å². The van der Waals surface area contributed by atoms with Crippen LogP contribution < -0.4 is 0 Å². The normalized spacial score (nSPS) is 38.8. The van der Waals surface area contributed by atoms with E-state index in [1.165, 1.54) is 0 Å². The molecule has 4 nitrogen and oxygen atoms in total. The van der Waals surface area contributed by atoms with Crippen molar-refractivity contribution < 1.29 is 19.1 Å². The van der Waals surface area contributed by atoms with E-state index >= 15 is 0 Å². The lowest BCUT2D eigenvalue weighted by Gasteiger charge is -2.60. The van der Waals surface area contributed by atoms with E-state index in [2.05, 4.69) is 20.8 Å². The van der Waals surface area contributed by atoms with Gasteiger partial charge < -0.3 is 4.74 Å². The van der Waals surface area contributed by atoms with Gasteiger partial charge in [0.25, 0.3) is 0 Å². The Balaban J connectivity index is 2.10. The van der Waals surface area contributed by atoms with Crippen LogP contribution in [0.1, 0.15) is 66.7 Å². The number of fused-ring (bicyclic) bond motifs is 2. The first kappa shape index (κ1) is 17.4. The zero-order valence-corrected chi connectivity index (χ0v) is 15.4. The van der Waals surface area contributed by atoms with E-state index in [1.54, 1.807) is 6.08 Å². The Morgan fingerprint density at radius 1 is 1.08 bits per heavy atom. The van der Waals surface area contributed by atoms with Gasteiger partial charge in [-0.05, 0) is 37.2 Å². The lowest BCUT2D eigenvalue weighted by Crippen LogP contribution is -2.67. The number of hydrogen-bond acceptors (Lipinski definition) is 4. The SMILES string of the molecule is CC(C)C1=CC(=O)[C@@]2(CC1)OC(=O)C[C@@H]1C(C)(C)C(=O)CC[C@]12C. The minimum absolute atomic E-state index is 0.0804. The molecule has 0 aromatic heterocycles. The Labute approximate surface area is 144 Å². The van der Waals surface area contributed by atoms with Crippen molar-refractivity contribution in [3.63, 3.8) is 0 Å². The molecule has 2 fully saturated rings. The highest BCUT2D eigenvalue weighted by Crippen LogP contribution is 2.61. The van der Waals surface area contributed by atoms with E-state index in [4.69, 9.17) is 4.74 Å². The Bertz CT molecular complexity index is 642. The topological polar surface area (TPSA) is 60.4 Å². The first-order chi connectivity index (χ1) is 11.0. The maximum atomic E-state index is 13.1. The van der Waals surface area contributed by atoms with E-state index in [0.29, 0.717) is 25.2 Å². The fourth-order valence-corrected chi connectivity index (χ4v) is 5.27. The number of hydrogen-bond donors (Lipinski definition) is 0. The Hall–Kier alpha value is -1.45. The second-order valence-electron chi connectivity index (χ2n) is 8.86. The molecule has 1 saturated carbocycles. The summed E-state index contributed by atoms with van der Waals surface area (Å²) in [5.41, 5.74) is -1.04. The number of Topliss-reactive ketones (excluding diaryl/α,β-unsaturated/α-hetero) is 1. The molecule has 0 radical (unpaired) electrons. The van der Waals surface area contributed by atoms with Gasteiger partial charge in [-0.15, -0.1) is 0 Å². The third kappa shape index (κ3) is 2.14. The molecule has 0 aromatic rings. The van der Waals surface area contributed by atoms with E-state index in [9.17, 15) is 14.4 Å². The second kappa shape index (κ2) is 5.27. The molecule has 1 aliphatic heterocycles. The lowest BCUT2D eigenvalue weighted by atomic mass is 9.46. The number of allylic oxidation sites excluding steroid dienone is 1. The molecule has 2 aliphatic carbocycles. The van der Waals surface area contributed by atoms with Crippen LogP contribution in [0.5, 0.6) is 0 Å². The maximum Gasteiger partial charge on any atom is 0.307 e. The van der Waals surface area contributed by atoms with Crippen molar-refractivity contribution >= 4 is 17.5 Å². The van der Waals surface area contributed by atoms with Crippen molar-refractivity contribution in [1.29, 1.82) is 0 Å². The zero-order chi connectivity index (χ0) is 17.9. The van der Waals surface area contributed by atoms with Gasteiger partial charge in [-0.25, -0.2) is 0 Å². The van der Waals surface area contributed by atoms with Gasteiger partial charge in [-0.3, -0.25) is 14.4 Å². The van der Waals surface area contributed by atoms with Gasteiger partial charge >= 0.3 is 5.97 Å². The first-order valence-corrected chi connectivity index (χ1v) is 9.04. The molecule has 4 heteroatoms. The molecule has 1 heterocycles. The molecule has 0 N–H and O–H groups in total. The van der Waals surface area contributed by atoms with E-state index < -0.39 is 16.4 Å². The third-order valence-corrected chi connectivity index (χ3v) is 7.03. The molecule has 1 spiro atoms.